The summed E-state index contributed by atoms with van der Waals surface area (Å²) in [5.74, 6) is -0.757. The number of nitrogens with one attached hydrogen (secondary N) is 1. The number of hydrogen-bond acceptors (Lipinski definition) is 4. The Bertz CT molecular complexity index is 510. The molecule has 1 fully saturated rings. The van der Waals surface area contributed by atoms with E-state index in [1.165, 1.54) is 12.3 Å². The van der Waals surface area contributed by atoms with Crippen LogP contribution in [0.3, 0.4) is 0 Å². The molecule has 116 valence electrons. The molecular formula is C15H22FN3O2. The molecule has 1 aromatic rings. The quantitative estimate of drug-likeness (QED) is 0.926. The topological polar surface area (TPSA) is 54.5 Å². The molecule has 2 rings (SSSR count). The summed E-state index contributed by atoms with van der Waals surface area (Å²) in [4.78, 5) is 18.3. The molecule has 0 radical (unpaired) electrons. The molecule has 2 unspecified atom stereocenters. The minimum absolute atomic E-state index is 0.0103. The Labute approximate surface area is 124 Å². The largest absolute Gasteiger partial charge is 0.375 e. The van der Waals surface area contributed by atoms with Gasteiger partial charge in [-0.05, 0) is 26.3 Å². The van der Waals surface area contributed by atoms with Gasteiger partial charge in [-0.15, -0.1) is 0 Å². The molecule has 1 amide bonds. The first-order valence-electron chi connectivity index (χ1n) is 7.39. The van der Waals surface area contributed by atoms with Gasteiger partial charge in [0.15, 0.2) is 11.6 Å². The van der Waals surface area contributed by atoms with Crippen LogP contribution in [0.4, 0.5) is 10.2 Å². The third-order valence-electron chi connectivity index (χ3n) is 3.66. The van der Waals surface area contributed by atoms with Crippen molar-refractivity contribution in [2.24, 2.45) is 0 Å². The molecule has 1 aliphatic rings. The summed E-state index contributed by atoms with van der Waals surface area (Å²) in [7, 11) is 0. The number of carbonyl (C=O) groups is 1. The van der Waals surface area contributed by atoms with Crippen LogP contribution in [0.5, 0.6) is 0 Å². The van der Waals surface area contributed by atoms with E-state index in [1.54, 1.807) is 4.90 Å². The lowest BCUT2D eigenvalue weighted by atomic mass is 10.1. The van der Waals surface area contributed by atoms with Gasteiger partial charge in [0.1, 0.15) is 0 Å². The van der Waals surface area contributed by atoms with E-state index in [2.05, 4.69) is 10.3 Å². The molecular weight excluding hydrogens is 273 g/mol. The highest BCUT2D eigenvalue weighted by Gasteiger charge is 2.31. The lowest BCUT2D eigenvalue weighted by Crippen LogP contribution is -2.51. The minimum atomic E-state index is -0.585. The van der Waals surface area contributed by atoms with E-state index in [0.717, 1.165) is 6.42 Å². The summed E-state index contributed by atoms with van der Waals surface area (Å²) in [6, 6.07) is 1.43. The van der Waals surface area contributed by atoms with Crippen molar-refractivity contribution in [3.8, 4) is 0 Å². The van der Waals surface area contributed by atoms with E-state index in [4.69, 9.17) is 4.74 Å². The normalized spacial score (nSPS) is 22.2. The highest BCUT2D eigenvalue weighted by Crippen LogP contribution is 2.21. The Hall–Kier alpha value is -1.69. The van der Waals surface area contributed by atoms with Crippen molar-refractivity contribution >= 4 is 11.7 Å². The van der Waals surface area contributed by atoms with Crippen LogP contribution in [0.25, 0.3) is 0 Å². The SMILES string of the molecule is CCNc1nccc(C(=O)N2CC(C)OCC2CC)c1F. The Morgan fingerprint density at radius 3 is 3.00 bits per heavy atom. The molecule has 21 heavy (non-hydrogen) atoms. The average molecular weight is 295 g/mol. The van der Waals surface area contributed by atoms with Crippen LogP contribution in [0.15, 0.2) is 12.3 Å². The number of hydrogen-bond donors (Lipinski definition) is 1. The zero-order valence-corrected chi connectivity index (χ0v) is 12.7. The average Bonchev–Trinajstić information content (AvgIpc) is 2.49. The van der Waals surface area contributed by atoms with Gasteiger partial charge in [0.2, 0.25) is 0 Å². The Morgan fingerprint density at radius 2 is 2.33 bits per heavy atom. The zero-order chi connectivity index (χ0) is 15.4. The van der Waals surface area contributed by atoms with Crippen molar-refractivity contribution in [3.63, 3.8) is 0 Å². The number of nitrogens with zero attached hydrogens (tertiary/aromatic N) is 2. The van der Waals surface area contributed by atoms with Gasteiger partial charge in [-0.25, -0.2) is 9.37 Å². The van der Waals surface area contributed by atoms with Gasteiger partial charge in [-0.1, -0.05) is 6.92 Å². The molecule has 0 aromatic carbocycles. The molecule has 0 bridgehead atoms. The summed E-state index contributed by atoms with van der Waals surface area (Å²) in [5, 5.41) is 2.83. The van der Waals surface area contributed by atoms with Crippen LogP contribution >= 0.6 is 0 Å². The van der Waals surface area contributed by atoms with Gasteiger partial charge in [0, 0.05) is 19.3 Å². The van der Waals surface area contributed by atoms with Crippen molar-refractivity contribution in [3.05, 3.63) is 23.6 Å². The molecule has 5 nitrogen and oxygen atoms in total. The fraction of sp³-hybridized carbons (Fsp3) is 0.600. The van der Waals surface area contributed by atoms with E-state index in [-0.39, 0.29) is 29.4 Å². The highest BCUT2D eigenvalue weighted by atomic mass is 19.1. The lowest BCUT2D eigenvalue weighted by molar-refractivity contribution is -0.0445. The number of pyridine rings is 1. The van der Waals surface area contributed by atoms with E-state index in [9.17, 15) is 9.18 Å². The van der Waals surface area contributed by atoms with Gasteiger partial charge in [-0.2, -0.15) is 0 Å². The van der Waals surface area contributed by atoms with Crippen LogP contribution in [0.2, 0.25) is 0 Å². The third kappa shape index (κ3) is 3.32. The Balaban J connectivity index is 2.28. The number of rotatable bonds is 4. The monoisotopic (exact) mass is 295 g/mol. The summed E-state index contributed by atoms with van der Waals surface area (Å²) in [6.45, 7) is 7.29. The number of aromatic nitrogens is 1. The van der Waals surface area contributed by atoms with Gasteiger partial charge in [0.25, 0.3) is 5.91 Å². The van der Waals surface area contributed by atoms with E-state index < -0.39 is 5.82 Å². The predicted octanol–water partition coefficient (Wildman–Crippen LogP) is 2.29. The van der Waals surface area contributed by atoms with Crippen LogP contribution < -0.4 is 5.32 Å². The molecule has 0 aliphatic carbocycles. The van der Waals surface area contributed by atoms with Crippen LogP contribution in [-0.4, -0.2) is 47.6 Å². The number of amides is 1. The van der Waals surface area contributed by atoms with Gasteiger partial charge in [-0.3, -0.25) is 4.79 Å². The maximum absolute atomic E-state index is 14.4. The zero-order valence-electron chi connectivity index (χ0n) is 12.7. The molecule has 2 atom stereocenters. The number of ether oxygens (including phenoxy) is 1. The predicted molar refractivity (Wildman–Crippen MR) is 78.9 cm³/mol. The van der Waals surface area contributed by atoms with Crippen molar-refractivity contribution in [1.82, 2.24) is 9.88 Å². The van der Waals surface area contributed by atoms with Gasteiger partial charge < -0.3 is 15.0 Å². The molecule has 1 aromatic heterocycles. The van der Waals surface area contributed by atoms with Crippen molar-refractivity contribution in [2.75, 3.05) is 25.0 Å². The van der Waals surface area contributed by atoms with E-state index in [0.29, 0.717) is 19.7 Å². The number of halogens is 1. The fourth-order valence-corrected chi connectivity index (χ4v) is 2.49. The second-order valence-electron chi connectivity index (χ2n) is 5.21. The van der Waals surface area contributed by atoms with E-state index >= 15 is 0 Å². The molecule has 6 heteroatoms. The first-order chi connectivity index (χ1) is 10.1. The van der Waals surface area contributed by atoms with Crippen LogP contribution in [0.1, 0.15) is 37.6 Å². The lowest BCUT2D eigenvalue weighted by Gasteiger charge is -2.38. The van der Waals surface area contributed by atoms with Crippen molar-refractivity contribution in [2.45, 2.75) is 39.3 Å². The minimum Gasteiger partial charge on any atom is -0.375 e. The molecule has 2 heterocycles. The van der Waals surface area contributed by atoms with Crippen LogP contribution in [0, 0.1) is 5.82 Å². The molecule has 0 spiro atoms. The third-order valence-corrected chi connectivity index (χ3v) is 3.66. The molecule has 1 saturated heterocycles. The molecule has 1 N–H and O–H groups in total. The fourth-order valence-electron chi connectivity index (χ4n) is 2.49. The summed E-state index contributed by atoms with van der Waals surface area (Å²) in [5.41, 5.74) is 0.0634. The molecule has 1 aliphatic heterocycles. The number of morpholine rings is 1. The van der Waals surface area contributed by atoms with Gasteiger partial charge in [0.05, 0.1) is 24.3 Å². The standard InChI is InChI=1S/C15H22FN3O2/c1-4-11-9-21-10(3)8-19(11)15(20)12-6-7-18-14(13(12)16)17-5-2/h6-7,10-11H,4-5,8-9H2,1-3H3,(H,17,18). The Kier molecular flexibility index (Phi) is 5.12. The summed E-state index contributed by atoms with van der Waals surface area (Å²) < 4.78 is 20.0. The number of carbonyl (C=O) groups excluding carboxylic acids is 1. The second kappa shape index (κ2) is 6.85. The maximum atomic E-state index is 14.4. The first kappa shape index (κ1) is 15.7. The summed E-state index contributed by atoms with van der Waals surface area (Å²) >= 11 is 0. The maximum Gasteiger partial charge on any atom is 0.257 e. The van der Waals surface area contributed by atoms with Crippen molar-refractivity contribution in [1.29, 1.82) is 0 Å². The highest BCUT2D eigenvalue weighted by molar-refractivity contribution is 5.95. The second-order valence-corrected chi connectivity index (χ2v) is 5.21. The van der Waals surface area contributed by atoms with Crippen LogP contribution in [-0.2, 0) is 4.74 Å². The smallest absolute Gasteiger partial charge is 0.257 e. The Morgan fingerprint density at radius 1 is 1.57 bits per heavy atom. The van der Waals surface area contributed by atoms with Crippen molar-refractivity contribution < 1.29 is 13.9 Å². The van der Waals surface area contributed by atoms with Gasteiger partial charge >= 0.3 is 0 Å². The number of anilines is 1. The first-order valence-corrected chi connectivity index (χ1v) is 7.39. The summed E-state index contributed by atoms with van der Waals surface area (Å²) in [6.07, 6.45) is 2.21. The molecule has 0 saturated carbocycles. The van der Waals surface area contributed by atoms with E-state index in [1.807, 2.05) is 20.8 Å².